The minimum atomic E-state index is 0.128. The summed E-state index contributed by atoms with van der Waals surface area (Å²) in [6.45, 7) is 11.4. The van der Waals surface area contributed by atoms with Crippen LogP contribution in [0.2, 0.25) is 0 Å². The van der Waals surface area contributed by atoms with Crippen molar-refractivity contribution in [2.24, 2.45) is 0 Å². The van der Waals surface area contributed by atoms with Gasteiger partial charge in [-0.2, -0.15) is 0 Å². The van der Waals surface area contributed by atoms with Crippen LogP contribution in [0.25, 0.3) is 11.1 Å². The van der Waals surface area contributed by atoms with E-state index in [2.05, 4.69) is 71.0 Å². The quantitative estimate of drug-likeness (QED) is 0.633. The van der Waals surface area contributed by atoms with Crippen molar-refractivity contribution < 1.29 is 0 Å². The Bertz CT molecular complexity index is 645. The van der Waals surface area contributed by atoms with Crippen molar-refractivity contribution in [2.45, 2.75) is 46.0 Å². The maximum Gasteiger partial charge on any atom is 0.0158 e. The van der Waals surface area contributed by atoms with Gasteiger partial charge in [-0.3, -0.25) is 0 Å². The van der Waals surface area contributed by atoms with Crippen molar-refractivity contribution in [3.8, 4) is 11.1 Å². The third-order valence-corrected chi connectivity index (χ3v) is 4.51. The van der Waals surface area contributed by atoms with Gasteiger partial charge in [0.15, 0.2) is 0 Å². The third-order valence-electron chi connectivity index (χ3n) is 4.51. The second-order valence-corrected chi connectivity index (χ2v) is 6.60. The Labute approximate surface area is 116 Å². The number of fused-ring (bicyclic) bond motifs is 3. The maximum atomic E-state index is 2.36. The SMILES string of the molecule is Cc1ccc2c(c1)-c1c(C(C)C)cccc1C2(C)C. The lowest BCUT2D eigenvalue weighted by molar-refractivity contribution is 0.659. The first-order valence-corrected chi connectivity index (χ1v) is 7.18. The molecule has 0 aliphatic heterocycles. The average Bonchev–Trinajstić information content (AvgIpc) is 2.58. The van der Waals surface area contributed by atoms with Gasteiger partial charge in [0.1, 0.15) is 0 Å². The molecule has 0 saturated heterocycles. The molecule has 0 unspecified atom stereocenters. The highest BCUT2D eigenvalue weighted by atomic mass is 14.4. The third kappa shape index (κ3) is 1.66. The summed E-state index contributed by atoms with van der Waals surface area (Å²) >= 11 is 0. The van der Waals surface area contributed by atoms with Crippen molar-refractivity contribution in [1.29, 1.82) is 0 Å². The molecule has 0 amide bonds. The molecule has 0 atom stereocenters. The Morgan fingerprint density at radius 3 is 2.37 bits per heavy atom. The lowest BCUT2D eigenvalue weighted by atomic mass is 9.81. The first kappa shape index (κ1) is 12.5. The second kappa shape index (κ2) is 3.96. The van der Waals surface area contributed by atoms with E-state index in [9.17, 15) is 0 Å². The molecule has 2 aromatic rings. The van der Waals surface area contributed by atoms with Gasteiger partial charge in [0.2, 0.25) is 0 Å². The van der Waals surface area contributed by atoms with E-state index < -0.39 is 0 Å². The van der Waals surface area contributed by atoms with E-state index >= 15 is 0 Å². The van der Waals surface area contributed by atoms with E-state index in [0.29, 0.717) is 5.92 Å². The van der Waals surface area contributed by atoms with Crippen LogP contribution in [0.15, 0.2) is 36.4 Å². The van der Waals surface area contributed by atoms with Gasteiger partial charge in [-0.15, -0.1) is 0 Å². The molecule has 0 heteroatoms. The standard InChI is InChI=1S/C19H22/c1-12(2)14-7-6-8-17-18(14)15-11-13(3)9-10-16(15)19(17,4)5/h6-12H,1-5H3. The van der Waals surface area contributed by atoms with E-state index in [1.807, 2.05) is 0 Å². The van der Waals surface area contributed by atoms with Gasteiger partial charge in [-0.1, -0.05) is 69.7 Å². The highest BCUT2D eigenvalue weighted by Gasteiger charge is 2.36. The zero-order chi connectivity index (χ0) is 13.8. The molecule has 0 nitrogen and oxygen atoms in total. The smallest absolute Gasteiger partial charge is 0.0158 e. The summed E-state index contributed by atoms with van der Waals surface area (Å²) in [5.74, 6) is 0.567. The molecule has 0 fully saturated rings. The van der Waals surface area contributed by atoms with Crippen molar-refractivity contribution in [3.63, 3.8) is 0 Å². The molecule has 3 rings (SSSR count). The van der Waals surface area contributed by atoms with Crippen LogP contribution in [0, 0.1) is 6.92 Å². The number of benzene rings is 2. The molecule has 0 bridgehead atoms. The van der Waals surface area contributed by atoms with Crippen LogP contribution >= 0.6 is 0 Å². The van der Waals surface area contributed by atoms with Crippen LogP contribution in [0.3, 0.4) is 0 Å². The predicted octanol–water partition coefficient (Wildman–Crippen LogP) is 5.42. The summed E-state index contributed by atoms with van der Waals surface area (Å²) in [6, 6.07) is 13.7. The molecule has 98 valence electrons. The fraction of sp³-hybridized carbons (Fsp3) is 0.368. The molecule has 0 aromatic heterocycles. The van der Waals surface area contributed by atoms with Gasteiger partial charge in [-0.25, -0.2) is 0 Å². The van der Waals surface area contributed by atoms with Gasteiger partial charge < -0.3 is 0 Å². The lowest BCUT2D eigenvalue weighted by Gasteiger charge is -2.22. The van der Waals surface area contributed by atoms with Gasteiger partial charge in [-0.05, 0) is 40.7 Å². The topological polar surface area (TPSA) is 0 Å². The van der Waals surface area contributed by atoms with Crippen LogP contribution in [0.1, 0.15) is 55.9 Å². The van der Waals surface area contributed by atoms with E-state index in [-0.39, 0.29) is 5.41 Å². The fourth-order valence-electron chi connectivity index (χ4n) is 3.43. The Balaban J connectivity index is 2.41. The normalized spacial score (nSPS) is 15.5. The molecular formula is C19H22. The Morgan fingerprint density at radius 1 is 0.947 bits per heavy atom. The van der Waals surface area contributed by atoms with Crippen LogP contribution in [-0.2, 0) is 5.41 Å². The molecule has 0 spiro atoms. The Kier molecular flexibility index (Phi) is 2.60. The number of aryl methyl sites for hydroxylation is 1. The zero-order valence-electron chi connectivity index (χ0n) is 12.5. The van der Waals surface area contributed by atoms with Crippen molar-refractivity contribution in [2.75, 3.05) is 0 Å². The zero-order valence-corrected chi connectivity index (χ0v) is 12.5. The molecule has 1 aliphatic rings. The van der Waals surface area contributed by atoms with Crippen molar-refractivity contribution in [3.05, 3.63) is 58.7 Å². The summed E-state index contributed by atoms with van der Waals surface area (Å²) < 4.78 is 0. The van der Waals surface area contributed by atoms with Crippen molar-refractivity contribution in [1.82, 2.24) is 0 Å². The molecule has 0 saturated carbocycles. The molecule has 0 N–H and O–H groups in total. The minimum absolute atomic E-state index is 0.128. The Hall–Kier alpha value is -1.56. The van der Waals surface area contributed by atoms with Gasteiger partial charge in [0.05, 0.1) is 0 Å². The maximum absolute atomic E-state index is 2.36. The minimum Gasteiger partial charge on any atom is -0.0616 e. The first-order chi connectivity index (χ1) is 8.93. The molecule has 19 heavy (non-hydrogen) atoms. The molecule has 0 heterocycles. The fourth-order valence-corrected chi connectivity index (χ4v) is 3.43. The average molecular weight is 250 g/mol. The van der Waals surface area contributed by atoms with E-state index in [1.165, 1.54) is 33.4 Å². The van der Waals surface area contributed by atoms with E-state index in [0.717, 1.165) is 0 Å². The van der Waals surface area contributed by atoms with E-state index in [4.69, 9.17) is 0 Å². The predicted molar refractivity (Wildman–Crippen MR) is 82.8 cm³/mol. The van der Waals surface area contributed by atoms with Crippen LogP contribution in [0.4, 0.5) is 0 Å². The highest BCUT2D eigenvalue weighted by molar-refractivity contribution is 5.83. The van der Waals surface area contributed by atoms with Crippen LogP contribution in [-0.4, -0.2) is 0 Å². The number of hydrogen-bond acceptors (Lipinski definition) is 0. The molecule has 0 radical (unpaired) electrons. The summed E-state index contributed by atoms with van der Waals surface area (Å²) in [4.78, 5) is 0. The molecular weight excluding hydrogens is 228 g/mol. The van der Waals surface area contributed by atoms with Gasteiger partial charge >= 0.3 is 0 Å². The first-order valence-electron chi connectivity index (χ1n) is 7.18. The highest BCUT2D eigenvalue weighted by Crippen LogP contribution is 2.51. The summed E-state index contributed by atoms with van der Waals surface area (Å²) in [6.07, 6.45) is 0. The number of hydrogen-bond donors (Lipinski definition) is 0. The summed E-state index contributed by atoms with van der Waals surface area (Å²) in [5.41, 5.74) is 8.85. The monoisotopic (exact) mass is 250 g/mol. The van der Waals surface area contributed by atoms with Crippen molar-refractivity contribution >= 4 is 0 Å². The largest absolute Gasteiger partial charge is 0.0616 e. The Morgan fingerprint density at radius 2 is 1.68 bits per heavy atom. The van der Waals surface area contributed by atoms with E-state index in [1.54, 1.807) is 0 Å². The lowest BCUT2D eigenvalue weighted by Crippen LogP contribution is -2.15. The van der Waals surface area contributed by atoms with Gasteiger partial charge in [0.25, 0.3) is 0 Å². The molecule has 2 aromatic carbocycles. The number of rotatable bonds is 1. The van der Waals surface area contributed by atoms with Gasteiger partial charge in [0, 0.05) is 5.41 Å². The second-order valence-electron chi connectivity index (χ2n) is 6.60. The van der Waals surface area contributed by atoms with Crippen LogP contribution in [0.5, 0.6) is 0 Å². The summed E-state index contributed by atoms with van der Waals surface area (Å²) in [5, 5.41) is 0. The molecule has 1 aliphatic carbocycles. The van der Waals surface area contributed by atoms with Crippen LogP contribution < -0.4 is 0 Å². The summed E-state index contributed by atoms with van der Waals surface area (Å²) in [7, 11) is 0.